The third kappa shape index (κ3) is 3.07. The van der Waals surface area contributed by atoms with Gasteiger partial charge in [0, 0.05) is 11.4 Å². The molecule has 0 saturated heterocycles. The Hall–Kier alpha value is -0.850. The summed E-state index contributed by atoms with van der Waals surface area (Å²) in [4.78, 5) is 8.92. The Bertz CT molecular complexity index is 456. The molecule has 0 aliphatic carbocycles. The fourth-order valence-corrected chi connectivity index (χ4v) is 2.83. The molecular formula is C14H25N5S. The van der Waals surface area contributed by atoms with Gasteiger partial charge in [-0.2, -0.15) is 12.6 Å². The maximum absolute atomic E-state index is 4.71. The van der Waals surface area contributed by atoms with E-state index in [-0.39, 0.29) is 5.37 Å². The summed E-state index contributed by atoms with van der Waals surface area (Å²) in [5.74, 6) is 1.87. The summed E-state index contributed by atoms with van der Waals surface area (Å²) in [6.07, 6.45) is 3.22. The summed E-state index contributed by atoms with van der Waals surface area (Å²) in [6.45, 7) is 11.3. The number of fused-ring (bicyclic) bond motifs is 1. The van der Waals surface area contributed by atoms with Crippen LogP contribution in [0.5, 0.6) is 0 Å². The van der Waals surface area contributed by atoms with E-state index in [0.29, 0.717) is 18.5 Å². The van der Waals surface area contributed by atoms with Crippen molar-refractivity contribution in [3.05, 3.63) is 11.8 Å². The minimum Gasteiger partial charge on any atom is -0.230 e. The third-order valence-electron chi connectivity index (χ3n) is 4.13. The number of guanidine groups is 1. The van der Waals surface area contributed by atoms with Gasteiger partial charge in [0.2, 0.25) is 5.96 Å². The Balaban J connectivity index is 2.01. The van der Waals surface area contributed by atoms with E-state index in [4.69, 9.17) is 12.6 Å². The molecule has 20 heavy (non-hydrogen) atoms. The van der Waals surface area contributed by atoms with Crippen molar-refractivity contribution < 1.29 is 0 Å². The lowest BCUT2D eigenvalue weighted by molar-refractivity contribution is 0.0234. The summed E-state index contributed by atoms with van der Waals surface area (Å²) >= 11 is 4.71. The Morgan fingerprint density at radius 1 is 1.40 bits per heavy atom. The van der Waals surface area contributed by atoms with Gasteiger partial charge in [0.05, 0.1) is 5.37 Å². The smallest absolute Gasteiger partial charge is 0.230 e. The van der Waals surface area contributed by atoms with Crippen LogP contribution in [0, 0.1) is 11.8 Å². The number of nitrogens with zero attached hydrogens (tertiary/aromatic N) is 4. The fraction of sp³-hybridized carbons (Fsp3) is 0.714. The average molecular weight is 295 g/mol. The highest BCUT2D eigenvalue weighted by Gasteiger charge is 2.31. The topological polar surface area (TPSA) is 43.2 Å². The van der Waals surface area contributed by atoms with E-state index >= 15 is 0 Å². The molecule has 0 amide bonds. The quantitative estimate of drug-likeness (QED) is 0.605. The Morgan fingerprint density at radius 2 is 2.10 bits per heavy atom. The highest BCUT2D eigenvalue weighted by molar-refractivity contribution is 7.80. The summed E-state index contributed by atoms with van der Waals surface area (Å²) in [7, 11) is 0. The molecule has 1 N–H and O–H groups in total. The lowest BCUT2D eigenvalue weighted by atomic mass is 9.93. The molecule has 0 saturated carbocycles. The molecule has 0 bridgehead atoms. The lowest BCUT2D eigenvalue weighted by Gasteiger charge is -2.35. The predicted molar refractivity (Wildman–Crippen MR) is 87.4 cm³/mol. The molecule has 0 aromatic carbocycles. The summed E-state index contributed by atoms with van der Waals surface area (Å²) < 4.78 is 0. The number of thiol groups is 1. The molecule has 0 aromatic heterocycles. The molecule has 0 radical (unpaired) electrons. The number of nitrogens with one attached hydrogen (secondary N) is 1. The molecule has 0 spiro atoms. The van der Waals surface area contributed by atoms with Crippen LogP contribution >= 0.6 is 12.6 Å². The van der Waals surface area contributed by atoms with Crippen molar-refractivity contribution in [2.75, 3.05) is 6.67 Å². The molecular weight excluding hydrogens is 270 g/mol. The maximum Gasteiger partial charge on any atom is 0.242 e. The minimum absolute atomic E-state index is 0.0966. The zero-order chi connectivity index (χ0) is 14.9. The number of aliphatic imine (C=N–C) groups is 2. The number of hydrogen-bond donors (Lipinski definition) is 2. The van der Waals surface area contributed by atoms with Gasteiger partial charge in [-0.05, 0) is 31.8 Å². The van der Waals surface area contributed by atoms with E-state index in [1.807, 2.05) is 17.1 Å². The van der Waals surface area contributed by atoms with Gasteiger partial charge in [-0.15, -0.1) is 5.12 Å². The van der Waals surface area contributed by atoms with Gasteiger partial charge in [0.25, 0.3) is 0 Å². The highest BCUT2D eigenvalue weighted by Crippen LogP contribution is 2.24. The van der Waals surface area contributed by atoms with Crippen molar-refractivity contribution in [3.63, 3.8) is 0 Å². The number of allylic oxidation sites excluding steroid dienone is 2. The van der Waals surface area contributed by atoms with E-state index in [2.05, 4.69) is 49.2 Å². The first kappa shape index (κ1) is 15.5. The van der Waals surface area contributed by atoms with Crippen LogP contribution in [0.3, 0.4) is 0 Å². The van der Waals surface area contributed by atoms with Crippen LogP contribution < -0.4 is 5.43 Å². The molecule has 1 unspecified atom stereocenters. The van der Waals surface area contributed by atoms with Gasteiger partial charge in [-0.3, -0.25) is 0 Å². The van der Waals surface area contributed by atoms with E-state index in [1.165, 1.54) is 0 Å². The van der Waals surface area contributed by atoms with Crippen molar-refractivity contribution in [3.8, 4) is 0 Å². The van der Waals surface area contributed by atoms with Gasteiger partial charge in [0.15, 0.2) is 0 Å². The number of hydrogen-bond acceptors (Lipinski definition) is 6. The van der Waals surface area contributed by atoms with Crippen LogP contribution in [-0.2, 0) is 0 Å². The first-order valence-corrected chi connectivity index (χ1v) is 7.75. The summed E-state index contributed by atoms with van der Waals surface area (Å²) in [5.41, 5.74) is 5.56. The first-order valence-electron chi connectivity index (χ1n) is 7.24. The van der Waals surface area contributed by atoms with Gasteiger partial charge in [0.1, 0.15) is 6.67 Å². The summed E-state index contributed by atoms with van der Waals surface area (Å²) in [6, 6.07) is 0. The number of rotatable bonds is 5. The van der Waals surface area contributed by atoms with Crippen molar-refractivity contribution in [1.29, 1.82) is 0 Å². The van der Waals surface area contributed by atoms with E-state index in [0.717, 1.165) is 23.8 Å². The highest BCUT2D eigenvalue weighted by atomic mass is 32.1. The Morgan fingerprint density at radius 3 is 2.75 bits per heavy atom. The SMILES string of the molecule is CC[C@@H](C)[C@@H](C)C(S)NN1CN=C2N=C(C)C=C(C)N21. The molecule has 112 valence electrons. The lowest BCUT2D eigenvalue weighted by Crippen LogP contribution is -2.53. The first-order chi connectivity index (χ1) is 9.43. The van der Waals surface area contributed by atoms with Crippen LogP contribution in [0.2, 0.25) is 0 Å². The van der Waals surface area contributed by atoms with Crippen molar-refractivity contribution in [2.45, 2.75) is 46.4 Å². The van der Waals surface area contributed by atoms with Crippen LogP contribution in [0.4, 0.5) is 0 Å². The molecule has 0 aromatic rings. The molecule has 2 aliphatic rings. The fourth-order valence-electron chi connectivity index (χ4n) is 2.40. The largest absolute Gasteiger partial charge is 0.242 e. The van der Waals surface area contributed by atoms with Gasteiger partial charge in [-0.25, -0.2) is 20.4 Å². The summed E-state index contributed by atoms with van der Waals surface area (Å²) in [5, 5.41) is 4.10. The standard InChI is InChI=1S/C14H25N5S/c1-6-9(2)12(5)13(20)17-18-8-15-14-16-10(3)7-11(4)19(14)18/h7,9,12-13,17,20H,6,8H2,1-5H3/t9-,12-,13?/m1/s1. The molecule has 2 rings (SSSR count). The second-order valence-electron chi connectivity index (χ2n) is 5.67. The monoisotopic (exact) mass is 295 g/mol. The van der Waals surface area contributed by atoms with E-state index in [1.54, 1.807) is 0 Å². The van der Waals surface area contributed by atoms with Crippen LogP contribution in [0.15, 0.2) is 21.8 Å². The predicted octanol–water partition coefficient (Wildman–Crippen LogP) is 2.65. The van der Waals surface area contributed by atoms with Crippen LogP contribution in [0.1, 0.15) is 41.0 Å². The molecule has 2 heterocycles. The molecule has 2 aliphatic heterocycles. The second kappa shape index (κ2) is 6.28. The zero-order valence-electron chi connectivity index (χ0n) is 13.0. The maximum atomic E-state index is 4.71. The third-order valence-corrected chi connectivity index (χ3v) is 4.71. The normalized spacial score (nSPS) is 23.7. The van der Waals surface area contributed by atoms with E-state index < -0.39 is 0 Å². The molecule has 3 atom stereocenters. The zero-order valence-corrected chi connectivity index (χ0v) is 13.9. The average Bonchev–Trinajstić information content (AvgIpc) is 2.79. The van der Waals surface area contributed by atoms with E-state index in [9.17, 15) is 0 Å². The Labute approximate surface area is 127 Å². The van der Waals surface area contributed by atoms with Crippen molar-refractivity contribution in [2.24, 2.45) is 21.8 Å². The second-order valence-corrected chi connectivity index (χ2v) is 6.22. The Kier molecular flexibility index (Phi) is 4.88. The molecule has 0 fully saturated rings. The minimum atomic E-state index is 0.0966. The van der Waals surface area contributed by atoms with Crippen LogP contribution in [-0.4, -0.2) is 33.8 Å². The number of hydrazine groups is 2. The van der Waals surface area contributed by atoms with Crippen LogP contribution in [0.25, 0.3) is 0 Å². The van der Waals surface area contributed by atoms with Gasteiger partial charge >= 0.3 is 0 Å². The van der Waals surface area contributed by atoms with Gasteiger partial charge < -0.3 is 0 Å². The van der Waals surface area contributed by atoms with Gasteiger partial charge in [-0.1, -0.05) is 27.2 Å². The van der Waals surface area contributed by atoms with Crippen molar-refractivity contribution >= 4 is 24.3 Å². The molecule has 5 nitrogen and oxygen atoms in total. The molecule has 6 heteroatoms. The van der Waals surface area contributed by atoms with Crippen molar-refractivity contribution in [1.82, 2.24) is 15.6 Å².